The summed E-state index contributed by atoms with van der Waals surface area (Å²) < 4.78 is 0. The van der Waals surface area contributed by atoms with E-state index in [1.165, 1.54) is 0 Å². The number of allylic oxidation sites excluding steroid dienone is 4. The Morgan fingerprint density at radius 1 is 1.21 bits per heavy atom. The monoisotopic (exact) mass is 188 g/mol. The number of nitrogens with two attached hydrogens (primary N) is 2. The van der Waals surface area contributed by atoms with E-state index in [4.69, 9.17) is 11.5 Å². The molecule has 0 atom stereocenters. The highest BCUT2D eigenvalue weighted by molar-refractivity contribution is 5.67. The first-order chi connectivity index (χ1) is 6.75. The summed E-state index contributed by atoms with van der Waals surface area (Å²) in [5.74, 6) is 0.651. The van der Waals surface area contributed by atoms with Gasteiger partial charge in [0.2, 0.25) is 5.95 Å². The van der Waals surface area contributed by atoms with Crippen LogP contribution in [0.3, 0.4) is 0 Å². The molecule has 1 aliphatic rings. The highest BCUT2D eigenvalue weighted by atomic mass is 15.0. The predicted molar refractivity (Wildman–Crippen MR) is 57.2 cm³/mol. The smallest absolute Gasteiger partial charge is 0.222 e. The number of aromatic nitrogens is 2. The molecule has 0 fully saturated rings. The van der Waals surface area contributed by atoms with Crippen molar-refractivity contribution in [2.75, 3.05) is 11.5 Å². The van der Waals surface area contributed by atoms with E-state index in [-0.39, 0.29) is 5.95 Å². The summed E-state index contributed by atoms with van der Waals surface area (Å²) in [5.41, 5.74) is 13.1. The van der Waals surface area contributed by atoms with Crippen LogP contribution in [0.5, 0.6) is 0 Å². The summed E-state index contributed by atoms with van der Waals surface area (Å²) >= 11 is 0. The zero-order valence-electron chi connectivity index (χ0n) is 7.77. The Kier molecular flexibility index (Phi) is 2.18. The number of nitrogen functional groups attached to an aromatic ring is 2. The third kappa shape index (κ3) is 1.74. The molecular formula is C10H12N4. The molecule has 0 radical (unpaired) electrons. The molecule has 4 nitrogen and oxygen atoms in total. The Morgan fingerprint density at radius 3 is 2.71 bits per heavy atom. The third-order valence-corrected chi connectivity index (χ3v) is 2.11. The van der Waals surface area contributed by atoms with Crippen LogP contribution in [-0.2, 0) is 0 Å². The van der Waals surface area contributed by atoms with E-state index >= 15 is 0 Å². The van der Waals surface area contributed by atoms with Gasteiger partial charge in [-0.2, -0.15) is 4.98 Å². The summed E-state index contributed by atoms with van der Waals surface area (Å²) in [6.45, 7) is 0. The minimum Gasteiger partial charge on any atom is -0.384 e. The van der Waals surface area contributed by atoms with Crippen molar-refractivity contribution >= 4 is 17.3 Å². The lowest BCUT2D eigenvalue weighted by molar-refractivity contribution is 1.03. The van der Waals surface area contributed by atoms with E-state index < -0.39 is 0 Å². The van der Waals surface area contributed by atoms with Crippen LogP contribution in [0.2, 0.25) is 0 Å². The molecule has 0 saturated carbocycles. The molecule has 14 heavy (non-hydrogen) atoms. The van der Waals surface area contributed by atoms with Crippen molar-refractivity contribution in [1.29, 1.82) is 0 Å². The average Bonchev–Trinajstić information content (AvgIpc) is 2.18. The van der Waals surface area contributed by atoms with Gasteiger partial charge in [0.25, 0.3) is 0 Å². The van der Waals surface area contributed by atoms with Gasteiger partial charge < -0.3 is 11.5 Å². The molecule has 72 valence electrons. The van der Waals surface area contributed by atoms with Gasteiger partial charge in [-0.3, -0.25) is 0 Å². The second-order valence-electron chi connectivity index (χ2n) is 3.19. The summed E-state index contributed by atoms with van der Waals surface area (Å²) in [5, 5.41) is 0. The van der Waals surface area contributed by atoms with Crippen molar-refractivity contribution in [3.05, 3.63) is 30.0 Å². The van der Waals surface area contributed by atoms with Crippen LogP contribution in [0.1, 0.15) is 18.5 Å². The fourth-order valence-corrected chi connectivity index (χ4v) is 1.47. The summed E-state index contributed by atoms with van der Waals surface area (Å²) in [7, 11) is 0. The fraction of sp³-hybridized carbons (Fsp3) is 0.200. The minimum absolute atomic E-state index is 0.232. The highest BCUT2D eigenvalue weighted by Gasteiger charge is 2.06. The molecule has 0 amide bonds. The van der Waals surface area contributed by atoms with Crippen molar-refractivity contribution in [2.45, 2.75) is 12.8 Å². The molecular weight excluding hydrogens is 176 g/mol. The number of hydrogen-bond acceptors (Lipinski definition) is 4. The zero-order chi connectivity index (χ0) is 9.97. The molecule has 0 bridgehead atoms. The second-order valence-corrected chi connectivity index (χ2v) is 3.19. The van der Waals surface area contributed by atoms with E-state index in [2.05, 4.69) is 16.0 Å². The molecule has 0 spiro atoms. The maximum absolute atomic E-state index is 5.59. The first-order valence-electron chi connectivity index (χ1n) is 4.52. The molecule has 1 heterocycles. The van der Waals surface area contributed by atoms with Crippen LogP contribution in [0.25, 0.3) is 5.57 Å². The molecule has 0 aromatic carbocycles. The fourth-order valence-electron chi connectivity index (χ4n) is 1.47. The SMILES string of the molecule is Nc1cc(C2=CC=CCC2)nc(N)n1. The van der Waals surface area contributed by atoms with Crippen LogP contribution < -0.4 is 11.5 Å². The summed E-state index contributed by atoms with van der Waals surface area (Å²) in [6, 6.07) is 1.75. The average molecular weight is 188 g/mol. The Balaban J connectivity index is 2.40. The van der Waals surface area contributed by atoms with Crippen LogP contribution in [0.4, 0.5) is 11.8 Å². The van der Waals surface area contributed by atoms with E-state index in [1.807, 2.05) is 12.2 Å². The molecule has 1 aromatic rings. The number of hydrogen-bond donors (Lipinski definition) is 2. The normalized spacial score (nSPS) is 15.3. The molecule has 0 saturated heterocycles. The molecule has 0 aliphatic heterocycles. The number of anilines is 2. The van der Waals surface area contributed by atoms with Crippen molar-refractivity contribution in [3.8, 4) is 0 Å². The van der Waals surface area contributed by atoms with E-state index in [9.17, 15) is 0 Å². The van der Waals surface area contributed by atoms with Crippen molar-refractivity contribution < 1.29 is 0 Å². The lowest BCUT2D eigenvalue weighted by Gasteiger charge is -2.08. The Labute approximate surface area is 82.4 Å². The third-order valence-electron chi connectivity index (χ3n) is 2.11. The topological polar surface area (TPSA) is 77.8 Å². The molecule has 4 N–H and O–H groups in total. The van der Waals surface area contributed by atoms with Gasteiger partial charge >= 0.3 is 0 Å². The Hall–Kier alpha value is -1.84. The molecule has 0 unspecified atom stereocenters. The van der Waals surface area contributed by atoms with Gasteiger partial charge in [-0.05, 0) is 18.4 Å². The Morgan fingerprint density at radius 2 is 2.07 bits per heavy atom. The molecule has 4 heteroatoms. The number of rotatable bonds is 1. The van der Waals surface area contributed by atoms with Gasteiger partial charge in [-0.25, -0.2) is 4.98 Å². The van der Waals surface area contributed by atoms with Gasteiger partial charge in [0.05, 0.1) is 5.69 Å². The first-order valence-corrected chi connectivity index (χ1v) is 4.52. The summed E-state index contributed by atoms with van der Waals surface area (Å²) in [6.07, 6.45) is 8.19. The van der Waals surface area contributed by atoms with Gasteiger partial charge in [0, 0.05) is 6.07 Å². The predicted octanol–water partition coefficient (Wildman–Crippen LogP) is 1.37. The highest BCUT2D eigenvalue weighted by Crippen LogP contribution is 2.23. The first kappa shape index (κ1) is 8.74. The van der Waals surface area contributed by atoms with E-state index in [1.54, 1.807) is 6.07 Å². The van der Waals surface area contributed by atoms with Gasteiger partial charge in [-0.15, -0.1) is 0 Å². The quantitative estimate of drug-likeness (QED) is 0.697. The maximum Gasteiger partial charge on any atom is 0.222 e. The Bertz CT molecular complexity index is 386. The lowest BCUT2D eigenvalue weighted by Crippen LogP contribution is -2.03. The second kappa shape index (κ2) is 3.49. The zero-order valence-corrected chi connectivity index (χ0v) is 7.77. The largest absolute Gasteiger partial charge is 0.384 e. The van der Waals surface area contributed by atoms with Crippen LogP contribution in [0, 0.1) is 0 Å². The molecule has 2 rings (SSSR count). The standard InChI is InChI=1S/C10H12N4/c11-9-6-8(13-10(12)14-9)7-4-2-1-3-5-7/h1-2,4,6H,3,5H2,(H4,11,12,13,14). The van der Waals surface area contributed by atoms with Crippen LogP contribution >= 0.6 is 0 Å². The van der Waals surface area contributed by atoms with E-state index in [0.29, 0.717) is 5.82 Å². The molecule has 1 aromatic heterocycles. The van der Waals surface area contributed by atoms with Gasteiger partial charge in [-0.1, -0.05) is 18.2 Å². The lowest BCUT2D eigenvalue weighted by atomic mass is 10.0. The summed E-state index contributed by atoms with van der Waals surface area (Å²) in [4.78, 5) is 7.97. The van der Waals surface area contributed by atoms with Crippen molar-refractivity contribution in [3.63, 3.8) is 0 Å². The van der Waals surface area contributed by atoms with E-state index in [0.717, 1.165) is 24.1 Å². The van der Waals surface area contributed by atoms with Gasteiger partial charge in [0.15, 0.2) is 0 Å². The van der Waals surface area contributed by atoms with Crippen LogP contribution in [0.15, 0.2) is 24.3 Å². The minimum atomic E-state index is 0.232. The van der Waals surface area contributed by atoms with Crippen LogP contribution in [-0.4, -0.2) is 9.97 Å². The van der Waals surface area contributed by atoms with Crippen molar-refractivity contribution in [2.24, 2.45) is 0 Å². The maximum atomic E-state index is 5.59. The van der Waals surface area contributed by atoms with Gasteiger partial charge in [0.1, 0.15) is 5.82 Å². The molecule has 1 aliphatic carbocycles. The number of nitrogens with zero attached hydrogens (tertiary/aromatic N) is 2. The van der Waals surface area contributed by atoms with Crippen molar-refractivity contribution in [1.82, 2.24) is 9.97 Å².